The summed E-state index contributed by atoms with van der Waals surface area (Å²) in [5.74, 6) is -0.688. The van der Waals surface area contributed by atoms with Gasteiger partial charge in [0.05, 0.1) is 6.61 Å². The third-order valence-corrected chi connectivity index (χ3v) is 3.76. The fourth-order valence-electron chi connectivity index (χ4n) is 2.68. The molecule has 0 bridgehead atoms. The lowest BCUT2D eigenvalue weighted by atomic mass is 10.2. The Hall–Kier alpha value is -1.39. The smallest absolute Gasteiger partial charge is 0.320 e. The lowest BCUT2D eigenvalue weighted by molar-refractivity contribution is -0.142. The number of carboxylic acid groups (broad SMARTS) is 1. The lowest BCUT2D eigenvalue weighted by Crippen LogP contribution is -2.36. The molecule has 1 heterocycles. The van der Waals surface area contributed by atoms with Crippen LogP contribution in [0.5, 0.6) is 0 Å². The van der Waals surface area contributed by atoms with Crippen molar-refractivity contribution in [1.29, 1.82) is 0 Å². The summed E-state index contributed by atoms with van der Waals surface area (Å²) in [5, 5.41) is 9.08. The quantitative estimate of drug-likeness (QED) is 0.740. The summed E-state index contributed by atoms with van der Waals surface area (Å²) in [4.78, 5) is 13.1. The molecule has 0 spiro atoms. The summed E-state index contributed by atoms with van der Waals surface area (Å²) in [6.07, 6.45) is 3.61. The SMILES string of the molecule is O=C(O)[C@@H]1CCCN1CCCOCCc1ccccc1. The van der Waals surface area contributed by atoms with E-state index >= 15 is 0 Å². The average Bonchev–Trinajstić information content (AvgIpc) is 2.92. The predicted octanol–water partition coefficient (Wildman–Crippen LogP) is 2.18. The molecule has 0 unspecified atom stereocenters. The first-order valence-corrected chi connectivity index (χ1v) is 7.36. The van der Waals surface area contributed by atoms with E-state index in [9.17, 15) is 4.79 Å². The van der Waals surface area contributed by atoms with Crippen LogP contribution in [0.15, 0.2) is 30.3 Å². The molecule has 110 valence electrons. The fourth-order valence-corrected chi connectivity index (χ4v) is 2.68. The molecule has 2 rings (SSSR count). The average molecular weight is 277 g/mol. The van der Waals surface area contributed by atoms with E-state index in [4.69, 9.17) is 9.84 Å². The van der Waals surface area contributed by atoms with Gasteiger partial charge in [-0.1, -0.05) is 30.3 Å². The number of rotatable bonds is 8. The van der Waals surface area contributed by atoms with Crippen LogP contribution in [0.25, 0.3) is 0 Å². The van der Waals surface area contributed by atoms with Gasteiger partial charge in [0.15, 0.2) is 0 Å². The van der Waals surface area contributed by atoms with Crippen molar-refractivity contribution in [3.05, 3.63) is 35.9 Å². The van der Waals surface area contributed by atoms with Crippen LogP contribution in [-0.2, 0) is 16.0 Å². The summed E-state index contributed by atoms with van der Waals surface area (Å²) in [6, 6.07) is 10.0. The highest BCUT2D eigenvalue weighted by molar-refractivity contribution is 5.73. The van der Waals surface area contributed by atoms with Gasteiger partial charge < -0.3 is 9.84 Å². The Labute approximate surface area is 120 Å². The minimum atomic E-state index is -0.688. The molecule has 1 aliphatic heterocycles. The van der Waals surface area contributed by atoms with Gasteiger partial charge in [0.25, 0.3) is 0 Å². The van der Waals surface area contributed by atoms with Crippen molar-refractivity contribution in [2.75, 3.05) is 26.3 Å². The van der Waals surface area contributed by atoms with Crippen molar-refractivity contribution in [2.45, 2.75) is 31.7 Å². The Morgan fingerprint density at radius 3 is 2.85 bits per heavy atom. The summed E-state index contributed by atoms with van der Waals surface area (Å²) >= 11 is 0. The van der Waals surface area contributed by atoms with Gasteiger partial charge in [-0.25, -0.2) is 0 Å². The van der Waals surface area contributed by atoms with Crippen LogP contribution in [0, 0.1) is 0 Å². The molecule has 1 aliphatic rings. The molecule has 1 aromatic rings. The molecule has 0 aromatic heterocycles. The minimum Gasteiger partial charge on any atom is -0.480 e. The third-order valence-electron chi connectivity index (χ3n) is 3.76. The Balaban J connectivity index is 1.54. The Kier molecular flexibility index (Phi) is 6.02. The standard InChI is InChI=1S/C16H23NO3/c18-16(19)15-8-4-10-17(15)11-5-12-20-13-9-14-6-2-1-3-7-14/h1-3,6-7,15H,4-5,8-13H2,(H,18,19)/t15-/m0/s1. The van der Waals surface area contributed by atoms with Crippen LogP contribution in [0.2, 0.25) is 0 Å². The Bertz CT molecular complexity index is 407. The van der Waals surface area contributed by atoms with Gasteiger partial charge >= 0.3 is 5.97 Å². The molecule has 1 fully saturated rings. The van der Waals surface area contributed by atoms with Crippen LogP contribution in [0.4, 0.5) is 0 Å². The highest BCUT2D eigenvalue weighted by atomic mass is 16.5. The first-order valence-electron chi connectivity index (χ1n) is 7.36. The minimum absolute atomic E-state index is 0.278. The van der Waals surface area contributed by atoms with E-state index in [1.54, 1.807) is 0 Å². The number of carboxylic acids is 1. The molecule has 1 atom stereocenters. The van der Waals surface area contributed by atoms with Crippen LogP contribution in [0.3, 0.4) is 0 Å². The molecule has 20 heavy (non-hydrogen) atoms. The maximum Gasteiger partial charge on any atom is 0.320 e. The van der Waals surface area contributed by atoms with E-state index in [0.717, 1.165) is 45.4 Å². The zero-order valence-electron chi connectivity index (χ0n) is 11.8. The largest absolute Gasteiger partial charge is 0.480 e. The maximum atomic E-state index is 11.0. The first kappa shape index (κ1) is 15.0. The third kappa shape index (κ3) is 4.62. The second-order valence-corrected chi connectivity index (χ2v) is 5.23. The molecule has 4 heteroatoms. The number of hydrogen-bond donors (Lipinski definition) is 1. The Morgan fingerprint density at radius 1 is 1.30 bits per heavy atom. The van der Waals surface area contributed by atoms with E-state index in [1.807, 2.05) is 18.2 Å². The predicted molar refractivity (Wildman–Crippen MR) is 77.8 cm³/mol. The van der Waals surface area contributed by atoms with Gasteiger partial charge in [0.2, 0.25) is 0 Å². The van der Waals surface area contributed by atoms with Crippen molar-refractivity contribution >= 4 is 5.97 Å². The second kappa shape index (κ2) is 8.02. The van der Waals surface area contributed by atoms with Crippen molar-refractivity contribution in [2.24, 2.45) is 0 Å². The number of aliphatic carboxylic acids is 1. The van der Waals surface area contributed by atoms with Gasteiger partial charge in [-0.05, 0) is 37.8 Å². The number of carbonyl (C=O) groups is 1. The lowest BCUT2D eigenvalue weighted by Gasteiger charge is -2.20. The van der Waals surface area contributed by atoms with Crippen molar-refractivity contribution in [3.8, 4) is 0 Å². The summed E-state index contributed by atoms with van der Waals surface area (Å²) in [5.41, 5.74) is 1.29. The number of nitrogens with zero attached hydrogens (tertiary/aromatic N) is 1. The monoisotopic (exact) mass is 277 g/mol. The van der Waals surface area contributed by atoms with Crippen molar-refractivity contribution in [1.82, 2.24) is 4.90 Å². The van der Waals surface area contributed by atoms with Crippen LogP contribution < -0.4 is 0 Å². The van der Waals surface area contributed by atoms with Crippen molar-refractivity contribution < 1.29 is 14.6 Å². The molecule has 0 aliphatic carbocycles. The zero-order valence-corrected chi connectivity index (χ0v) is 11.8. The fraction of sp³-hybridized carbons (Fsp3) is 0.562. The van der Waals surface area contributed by atoms with Gasteiger partial charge in [-0.3, -0.25) is 9.69 Å². The number of benzene rings is 1. The first-order chi connectivity index (χ1) is 9.77. The molecule has 0 saturated carbocycles. The molecule has 0 radical (unpaired) electrons. The molecular weight excluding hydrogens is 254 g/mol. The number of hydrogen-bond acceptors (Lipinski definition) is 3. The normalized spacial score (nSPS) is 19.3. The van der Waals surface area contributed by atoms with Crippen LogP contribution >= 0.6 is 0 Å². The number of ether oxygens (including phenoxy) is 1. The number of likely N-dealkylation sites (tertiary alicyclic amines) is 1. The second-order valence-electron chi connectivity index (χ2n) is 5.23. The van der Waals surface area contributed by atoms with E-state index in [1.165, 1.54) is 5.56 Å². The van der Waals surface area contributed by atoms with Gasteiger partial charge in [0, 0.05) is 13.2 Å². The van der Waals surface area contributed by atoms with Crippen LogP contribution in [-0.4, -0.2) is 48.3 Å². The Morgan fingerprint density at radius 2 is 2.10 bits per heavy atom. The highest BCUT2D eigenvalue weighted by Gasteiger charge is 2.29. The van der Waals surface area contributed by atoms with E-state index < -0.39 is 5.97 Å². The zero-order chi connectivity index (χ0) is 14.2. The van der Waals surface area contributed by atoms with E-state index in [0.29, 0.717) is 6.61 Å². The van der Waals surface area contributed by atoms with Crippen molar-refractivity contribution in [3.63, 3.8) is 0 Å². The van der Waals surface area contributed by atoms with Gasteiger partial charge in [-0.2, -0.15) is 0 Å². The summed E-state index contributed by atoms with van der Waals surface area (Å²) < 4.78 is 5.62. The van der Waals surface area contributed by atoms with Gasteiger partial charge in [0.1, 0.15) is 6.04 Å². The summed E-state index contributed by atoms with van der Waals surface area (Å²) in [7, 11) is 0. The topological polar surface area (TPSA) is 49.8 Å². The highest BCUT2D eigenvalue weighted by Crippen LogP contribution is 2.17. The maximum absolute atomic E-state index is 11.0. The molecule has 4 nitrogen and oxygen atoms in total. The summed E-state index contributed by atoms with van der Waals surface area (Å²) in [6.45, 7) is 3.16. The van der Waals surface area contributed by atoms with E-state index in [2.05, 4.69) is 17.0 Å². The molecule has 1 aromatic carbocycles. The van der Waals surface area contributed by atoms with Gasteiger partial charge in [-0.15, -0.1) is 0 Å². The van der Waals surface area contributed by atoms with Crippen LogP contribution in [0.1, 0.15) is 24.8 Å². The van der Waals surface area contributed by atoms with E-state index in [-0.39, 0.29) is 6.04 Å². The molecule has 1 N–H and O–H groups in total. The molecule has 0 amide bonds. The molecular formula is C16H23NO3. The molecule has 1 saturated heterocycles.